The van der Waals surface area contributed by atoms with Crippen LogP contribution in [0.15, 0.2) is 23.0 Å². The summed E-state index contributed by atoms with van der Waals surface area (Å²) < 4.78 is 1.86. The highest BCUT2D eigenvalue weighted by molar-refractivity contribution is 5.83. The summed E-state index contributed by atoms with van der Waals surface area (Å²) in [5, 5.41) is 23.4. The Morgan fingerprint density at radius 2 is 1.97 bits per heavy atom. The van der Waals surface area contributed by atoms with Gasteiger partial charge in [-0.15, -0.1) is 5.10 Å². The van der Waals surface area contributed by atoms with Crippen LogP contribution in [0.25, 0.3) is 10.9 Å². The van der Waals surface area contributed by atoms with E-state index < -0.39 is 0 Å². The molecule has 1 aromatic carbocycles. The quantitative estimate of drug-likeness (QED) is 0.509. The molecule has 168 valence electrons. The zero-order valence-corrected chi connectivity index (χ0v) is 19.5. The Hall–Kier alpha value is -2.58. The van der Waals surface area contributed by atoms with Crippen molar-refractivity contribution in [3.05, 3.63) is 51.1 Å². The van der Waals surface area contributed by atoms with Gasteiger partial charge < -0.3 is 15.0 Å². The molecule has 0 fully saturated rings. The molecule has 0 saturated carbocycles. The molecule has 0 radical (unpaired) electrons. The molecule has 0 saturated heterocycles. The number of aromatic nitrogens is 5. The monoisotopic (exact) mass is 427 g/mol. The molecule has 3 N–H and O–H groups in total. The summed E-state index contributed by atoms with van der Waals surface area (Å²) in [6.45, 7) is 13.4. The molecular weight excluding hydrogens is 392 g/mol. The molecule has 0 aliphatic heterocycles. The number of aromatic amines is 1. The Morgan fingerprint density at radius 3 is 2.61 bits per heavy atom. The van der Waals surface area contributed by atoms with Gasteiger partial charge in [-0.3, -0.25) is 4.79 Å². The van der Waals surface area contributed by atoms with Gasteiger partial charge in [0.1, 0.15) is 19.1 Å². The average Bonchev–Trinajstić information content (AvgIpc) is 3.16. The Morgan fingerprint density at radius 1 is 1.23 bits per heavy atom. The molecule has 0 aliphatic rings. The summed E-state index contributed by atoms with van der Waals surface area (Å²) in [5.74, 6) is 0.793. The van der Waals surface area contributed by atoms with Crippen LogP contribution in [0.1, 0.15) is 69.1 Å². The number of quaternary nitrogens is 1. The highest BCUT2D eigenvalue weighted by Gasteiger charge is 2.32. The van der Waals surface area contributed by atoms with Gasteiger partial charge in [0.15, 0.2) is 0 Å². The molecule has 8 heteroatoms. The van der Waals surface area contributed by atoms with Crippen molar-refractivity contribution in [2.75, 3.05) is 13.2 Å². The van der Waals surface area contributed by atoms with E-state index in [-0.39, 0.29) is 23.7 Å². The molecule has 0 amide bonds. The van der Waals surface area contributed by atoms with E-state index in [1.807, 2.05) is 23.7 Å². The van der Waals surface area contributed by atoms with Crippen LogP contribution in [0.2, 0.25) is 0 Å². The van der Waals surface area contributed by atoms with E-state index in [0.717, 1.165) is 45.6 Å². The zero-order valence-electron chi connectivity index (χ0n) is 19.5. The highest BCUT2D eigenvalue weighted by Crippen LogP contribution is 2.21. The van der Waals surface area contributed by atoms with Crippen molar-refractivity contribution < 1.29 is 10.0 Å². The van der Waals surface area contributed by atoms with Gasteiger partial charge >= 0.3 is 0 Å². The fourth-order valence-electron chi connectivity index (χ4n) is 4.32. The van der Waals surface area contributed by atoms with Gasteiger partial charge in [0, 0.05) is 17.3 Å². The van der Waals surface area contributed by atoms with Crippen molar-refractivity contribution in [2.24, 2.45) is 0 Å². The Bertz CT molecular complexity index is 1100. The van der Waals surface area contributed by atoms with E-state index in [9.17, 15) is 9.90 Å². The van der Waals surface area contributed by atoms with Crippen LogP contribution in [0.3, 0.4) is 0 Å². The van der Waals surface area contributed by atoms with Gasteiger partial charge in [-0.05, 0) is 68.3 Å². The number of nitrogens with zero attached hydrogens (tertiary/aromatic N) is 4. The number of benzene rings is 1. The normalized spacial score (nSPS) is 14.2. The largest absolute Gasteiger partial charge is 0.391 e. The third kappa shape index (κ3) is 5.02. The lowest BCUT2D eigenvalue weighted by Gasteiger charge is -2.29. The van der Waals surface area contributed by atoms with E-state index in [4.69, 9.17) is 0 Å². The number of fused-ring (bicyclic) bond motifs is 1. The topological polar surface area (TPSA) is 101 Å². The van der Waals surface area contributed by atoms with Crippen molar-refractivity contribution in [1.82, 2.24) is 25.2 Å². The van der Waals surface area contributed by atoms with Crippen LogP contribution in [0, 0.1) is 13.8 Å². The van der Waals surface area contributed by atoms with E-state index in [2.05, 4.69) is 61.2 Å². The first kappa shape index (κ1) is 23.1. The molecule has 0 aliphatic carbocycles. The predicted octanol–water partition coefficient (Wildman–Crippen LogP) is 1.81. The van der Waals surface area contributed by atoms with Gasteiger partial charge in [0.2, 0.25) is 5.82 Å². The van der Waals surface area contributed by atoms with E-state index in [0.29, 0.717) is 18.7 Å². The molecule has 3 aromatic rings. The second kappa shape index (κ2) is 9.28. The molecule has 3 rings (SSSR count). The minimum atomic E-state index is -0.259. The smallest absolute Gasteiger partial charge is 0.257 e. The number of aliphatic hydroxyl groups is 1. The number of aryl methyl sites for hydroxylation is 2. The van der Waals surface area contributed by atoms with E-state index in [1.165, 1.54) is 0 Å². The van der Waals surface area contributed by atoms with E-state index >= 15 is 0 Å². The van der Waals surface area contributed by atoms with Gasteiger partial charge in [-0.1, -0.05) is 19.4 Å². The third-order valence-corrected chi connectivity index (χ3v) is 5.75. The molecule has 1 unspecified atom stereocenters. The van der Waals surface area contributed by atoms with Crippen molar-refractivity contribution >= 4 is 10.9 Å². The molecule has 2 atom stereocenters. The van der Waals surface area contributed by atoms with Crippen molar-refractivity contribution in [3.63, 3.8) is 0 Å². The fraction of sp³-hybridized carbons (Fsp3) is 0.565. The van der Waals surface area contributed by atoms with Crippen molar-refractivity contribution in [1.29, 1.82) is 0 Å². The summed E-state index contributed by atoms with van der Waals surface area (Å²) >= 11 is 0. The third-order valence-electron chi connectivity index (χ3n) is 5.75. The van der Waals surface area contributed by atoms with Crippen LogP contribution in [0.4, 0.5) is 0 Å². The van der Waals surface area contributed by atoms with Gasteiger partial charge in [-0.2, -0.15) is 0 Å². The first-order chi connectivity index (χ1) is 14.7. The zero-order chi connectivity index (χ0) is 22.8. The van der Waals surface area contributed by atoms with Crippen LogP contribution in [-0.2, 0) is 12.1 Å². The number of H-pyrrole nitrogens is 1. The molecule has 0 spiro atoms. The summed E-state index contributed by atoms with van der Waals surface area (Å²) in [5.41, 5.74) is 3.48. The summed E-state index contributed by atoms with van der Waals surface area (Å²) in [4.78, 5) is 17.0. The summed E-state index contributed by atoms with van der Waals surface area (Å²) in [6.07, 6.45) is 1.80. The number of aliphatic hydroxyl groups excluding tert-OH is 1. The first-order valence-electron chi connectivity index (χ1n) is 11.0. The second-order valence-electron chi connectivity index (χ2n) is 9.44. The molecular formula is C23H35N6O2+. The number of hydrogen-bond acceptors (Lipinski definition) is 5. The summed E-state index contributed by atoms with van der Waals surface area (Å²) in [7, 11) is 0. The number of pyridine rings is 1. The maximum absolute atomic E-state index is 12.9. The number of nitrogens with one attached hydrogen (secondary N) is 2. The lowest BCUT2D eigenvalue weighted by molar-refractivity contribution is -0.946. The standard InChI is InChI=1S/C23H34N6O2/c1-7-8-20(21-25-26-27-29(21)23(4,5)6)28(9-10-30)14-17-13-18-16(3)11-15(2)12-19(18)24-22(17)31/h11-13,20,30H,7-10,14H2,1-6H3,(H,24,31)/p+1/t20-/m0/s1. The molecule has 0 bridgehead atoms. The Kier molecular flexibility index (Phi) is 6.91. The average molecular weight is 428 g/mol. The second-order valence-corrected chi connectivity index (χ2v) is 9.44. The molecule has 2 aromatic heterocycles. The lowest BCUT2D eigenvalue weighted by atomic mass is 10.0. The Labute approximate surface area is 183 Å². The van der Waals surface area contributed by atoms with E-state index in [1.54, 1.807) is 0 Å². The van der Waals surface area contributed by atoms with Gasteiger partial charge in [0.25, 0.3) is 5.56 Å². The van der Waals surface area contributed by atoms with Crippen LogP contribution < -0.4 is 10.5 Å². The number of tetrazole rings is 1. The Balaban J connectivity index is 2.04. The minimum absolute atomic E-state index is 0.0241. The maximum atomic E-state index is 12.9. The molecule has 31 heavy (non-hydrogen) atoms. The minimum Gasteiger partial charge on any atom is -0.391 e. The highest BCUT2D eigenvalue weighted by atomic mass is 16.3. The van der Waals surface area contributed by atoms with Gasteiger partial charge in [0.05, 0.1) is 17.7 Å². The summed E-state index contributed by atoms with van der Waals surface area (Å²) in [6, 6.07) is 6.10. The first-order valence-corrected chi connectivity index (χ1v) is 11.0. The number of hydrogen-bond donors (Lipinski definition) is 3. The van der Waals surface area contributed by atoms with Crippen molar-refractivity contribution in [3.8, 4) is 0 Å². The fourth-order valence-corrected chi connectivity index (χ4v) is 4.32. The van der Waals surface area contributed by atoms with Crippen molar-refractivity contribution in [2.45, 2.75) is 72.5 Å². The molecule has 8 nitrogen and oxygen atoms in total. The SMILES string of the molecule is CCC[C@@H](c1nnnn1C(C)(C)C)[NH+](CCO)Cc1cc2c(C)cc(C)cc2[nH]c1=O. The van der Waals surface area contributed by atoms with Crippen LogP contribution in [-0.4, -0.2) is 43.4 Å². The molecule has 2 heterocycles. The van der Waals surface area contributed by atoms with Crippen LogP contribution >= 0.6 is 0 Å². The van der Waals surface area contributed by atoms with Crippen LogP contribution in [0.5, 0.6) is 0 Å². The predicted molar refractivity (Wildman–Crippen MR) is 121 cm³/mol. The van der Waals surface area contributed by atoms with Gasteiger partial charge in [-0.25, -0.2) is 4.68 Å². The lowest BCUT2D eigenvalue weighted by Crippen LogP contribution is -3.11. The number of rotatable bonds is 8. The maximum Gasteiger partial charge on any atom is 0.257 e.